The van der Waals surface area contributed by atoms with Crippen molar-refractivity contribution in [1.29, 1.82) is 0 Å². The topological polar surface area (TPSA) is 9.23 Å². The Morgan fingerprint density at radius 2 is 1.91 bits per heavy atom. The van der Waals surface area contributed by atoms with Crippen LogP contribution in [-0.4, -0.2) is 18.1 Å². The van der Waals surface area contributed by atoms with Crippen molar-refractivity contribution in [3.05, 3.63) is 0 Å². The Kier molecular flexibility index (Phi) is 6.18. The SMILES string of the molecule is CCCCC[Si](C)(C)O[Si]C. The molecule has 11 heavy (non-hydrogen) atoms. The average molecular weight is 188 g/mol. The predicted molar refractivity (Wildman–Crippen MR) is 54.5 cm³/mol. The molecule has 3 heteroatoms. The van der Waals surface area contributed by atoms with Crippen LogP contribution in [0.4, 0.5) is 0 Å². The summed E-state index contributed by atoms with van der Waals surface area (Å²) in [6.07, 6.45) is 4.05. The van der Waals surface area contributed by atoms with E-state index in [2.05, 4.69) is 26.6 Å². The van der Waals surface area contributed by atoms with Crippen molar-refractivity contribution in [3.63, 3.8) is 0 Å². The van der Waals surface area contributed by atoms with Gasteiger partial charge < -0.3 is 4.12 Å². The predicted octanol–water partition coefficient (Wildman–Crippen LogP) is 3.07. The molecule has 0 aromatic rings. The first kappa shape index (κ1) is 11.4. The number of hydrogen-bond donors (Lipinski definition) is 0. The van der Waals surface area contributed by atoms with Gasteiger partial charge in [0.25, 0.3) is 0 Å². The highest BCUT2D eigenvalue weighted by atomic mass is 28.4. The van der Waals surface area contributed by atoms with Gasteiger partial charge in [0.15, 0.2) is 8.32 Å². The summed E-state index contributed by atoms with van der Waals surface area (Å²) in [4.78, 5) is 0. The minimum Gasteiger partial charge on any atom is -0.456 e. The van der Waals surface area contributed by atoms with E-state index < -0.39 is 8.32 Å². The van der Waals surface area contributed by atoms with Crippen LogP contribution in [0.5, 0.6) is 0 Å². The van der Waals surface area contributed by atoms with Gasteiger partial charge >= 0.3 is 0 Å². The fraction of sp³-hybridized carbons (Fsp3) is 1.00. The maximum atomic E-state index is 5.74. The molecule has 0 heterocycles. The van der Waals surface area contributed by atoms with Gasteiger partial charge in [-0.1, -0.05) is 26.2 Å². The van der Waals surface area contributed by atoms with Gasteiger partial charge in [0.05, 0.1) is 0 Å². The Morgan fingerprint density at radius 1 is 1.27 bits per heavy atom. The molecule has 0 aliphatic rings. The lowest BCUT2D eigenvalue weighted by Gasteiger charge is -2.21. The molecule has 0 aliphatic carbocycles. The molecular formula is C8H20OSi2. The molecular weight excluding hydrogens is 168 g/mol. The van der Waals surface area contributed by atoms with Gasteiger partial charge in [-0.3, -0.25) is 0 Å². The van der Waals surface area contributed by atoms with Gasteiger partial charge in [0.1, 0.15) is 0 Å². The third-order valence-corrected chi connectivity index (χ3v) is 6.35. The van der Waals surface area contributed by atoms with E-state index in [0.717, 1.165) is 0 Å². The highest BCUT2D eigenvalue weighted by Crippen LogP contribution is 2.14. The number of rotatable bonds is 6. The maximum Gasteiger partial charge on any atom is 0.211 e. The first-order valence-corrected chi connectivity index (χ1v) is 8.99. The van der Waals surface area contributed by atoms with Crippen LogP contribution in [0.1, 0.15) is 26.2 Å². The van der Waals surface area contributed by atoms with E-state index in [1.165, 1.54) is 25.3 Å². The molecule has 0 rings (SSSR count). The first-order valence-electron chi connectivity index (χ1n) is 4.47. The molecule has 0 aromatic heterocycles. The fourth-order valence-corrected chi connectivity index (χ4v) is 4.85. The smallest absolute Gasteiger partial charge is 0.211 e. The second-order valence-electron chi connectivity index (χ2n) is 3.52. The maximum absolute atomic E-state index is 5.74. The molecule has 1 nitrogen and oxygen atoms in total. The van der Waals surface area contributed by atoms with Crippen molar-refractivity contribution in [3.8, 4) is 0 Å². The Labute approximate surface area is 74.6 Å². The van der Waals surface area contributed by atoms with Gasteiger partial charge in [0.2, 0.25) is 9.76 Å². The number of hydrogen-bond acceptors (Lipinski definition) is 1. The van der Waals surface area contributed by atoms with Gasteiger partial charge in [-0.15, -0.1) is 0 Å². The molecule has 0 amide bonds. The fourth-order valence-electron chi connectivity index (χ4n) is 1.13. The van der Waals surface area contributed by atoms with Crippen LogP contribution in [0.25, 0.3) is 0 Å². The molecule has 0 saturated carbocycles. The molecule has 0 unspecified atom stereocenters. The highest BCUT2D eigenvalue weighted by molar-refractivity contribution is 6.74. The van der Waals surface area contributed by atoms with Crippen molar-refractivity contribution in [2.24, 2.45) is 0 Å². The van der Waals surface area contributed by atoms with Crippen LogP contribution in [0.2, 0.25) is 25.7 Å². The molecule has 0 atom stereocenters. The third-order valence-electron chi connectivity index (χ3n) is 1.76. The van der Waals surface area contributed by atoms with Crippen molar-refractivity contribution in [2.75, 3.05) is 0 Å². The van der Waals surface area contributed by atoms with E-state index in [1.807, 2.05) is 0 Å². The Morgan fingerprint density at radius 3 is 2.36 bits per heavy atom. The van der Waals surface area contributed by atoms with E-state index in [0.29, 0.717) is 9.76 Å². The summed E-state index contributed by atoms with van der Waals surface area (Å²) in [7, 11) is -0.545. The van der Waals surface area contributed by atoms with Gasteiger partial charge in [-0.05, 0) is 25.7 Å². The third kappa shape index (κ3) is 6.78. The lowest BCUT2D eigenvalue weighted by atomic mass is 10.3. The van der Waals surface area contributed by atoms with E-state index in [-0.39, 0.29) is 0 Å². The highest BCUT2D eigenvalue weighted by Gasteiger charge is 2.19. The Hall–Kier alpha value is 0.394. The molecule has 0 aromatic carbocycles. The van der Waals surface area contributed by atoms with Crippen LogP contribution in [0.3, 0.4) is 0 Å². The lowest BCUT2D eigenvalue weighted by Crippen LogP contribution is -2.30. The van der Waals surface area contributed by atoms with Crippen LogP contribution in [-0.2, 0) is 4.12 Å². The van der Waals surface area contributed by atoms with Crippen molar-refractivity contribution in [2.45, 2.75) is 51.9 Å². The minimum absolute atomic E-state index is 0.683. The van der Waals surface area contributed by atoms with Gasteiger partial charge in [-0.25, -0.2) is 0 Å². The van der Waals surface area contributed by atoms with Crippen molar-refractivity contribution < 1.29 is 4.12 Å². The van der Waals surface area contributed by atoms with E-state index in [4.69, 9.17) is 4.12 Å². The second kappa shape index (κ2) is 5.97. The zero-order valence-electron chi connectivity index (χ0n) is 8.24. The van der Waals surface area contributed by atoms with Crippen LogP contribution in [0.15, 0.2) is 0 Å². The molecule has 66 valence electrons. The molecule has 0 saturated heterocycles. The van der Waals surface area contributed by atoms with E-state index in [1.54, 1.807) is 0 Å². The standard InChI is InChI=1S/C8H20OSi2/c1-5-6-7-8-11(3,4)9-10-2/h5-8H2,1-4H3. The average Bonchev–Trinajstić information content (AvgIpc) is 1.87. The Bertz CT molecular complexity index is 94.1. The molecule has 0 spiro atoms. The van der Waals surface area contributed by atoms with Crippen LogP contribution < -0.4 is 0 Å². The van der Waals surface area contributed by atoms with E-state index >= 15 is 0 Å². The second-order valence-corrected chi connectivity index (χ2v) is 8.77. The summed E-state index contributed by atoms with van der Waals surface area (Å²) in [5, 5.41) is 0. The van der Waals surface area contributed by atoms with Crippen LogP contribution >= 0.6 is 0 Å². The summed E-state index contributed by atoms with van der Waals surface area (Å²) < 4.78 is 5.74. The normalized spacial score (nSPS) is 12.0. The lowest BCUT2D eigenvalue weighted by molar-refractivity contribution is 0.579. The summed E-state index contributed by atoms with van der Waals surface area (Å²) in [6, 6.07) is 1.34. The van der Waals surface area contributed by atoms with Gasteiger partial charge in [0, 0.05) is 0 Å². The molecule has 0 bridgehead atoms. The largest absolute Gasteiger partial charge is 0.456 e. The summed E-state index contributed by atoms with van der Waals surface area (Å²) in [6.45, 7) is 9.00. The quantitative estimate of drug-likeness (QED) is 0.460. The van der Waals surface area contributed by atoms with Crippen LogP contribution in [0, 0.1) is 0 Å². The van der Waals surface area contributed by atoms with Crippen molar-refractivity contribution in [1.82, 2.24) is 0 Å². The summed E-state index contributed by atoms with van der Waals surface area (Å²) >= 11 is 0. The molecule has 2 radical (unpaired) electrons. The molecule has 0 N–H and O–H groups in total. The first-order chi connectivity index (χ1) is 5.12. The zero-order valence-corrected chi connectivity index (χ0v) is 10.2. The zero-order chi connectivity index (χ0) is 8.74. The molecule has 0 aliphatic heterocycles. The Balaban J connectivity index is 3.38. The van der Waals surface area contributed by atoms with E-state index in [9.17, 15) is 0 Å². The number of unbranched alkanes of at least 4 members (excludes halogenated alkanes) is 2. The monoisotopic (exact) mass is 188 g/mol. The minimum atomic E-state index is -1.23. The molecule has 0 fully saturated rings. The van der Waals surface area contributed by atoms with Gasteiger partial charge in [-0.2, -0.15) is 0 Å². The van der Waals surface area contributed by atoms with Crippen molar-refractivity contribution >= 4 is 18.1 Å². The summed E-state index contributed by atoms with van der Waals surface area (Å²) in [5.74, 6) is 0. The summed E-state index contributed by atoms with van der Waals surface area (Å²) in [5.41, 5.74) is 0.